The van der Waals surface area contributed by atoms with E-state index in [9.17, 15) is 9.59 Å². The summed E-state index contributed by atoms with van der Waals surface area (Å²) in [5.41, 5.74) is 3.28. The topological polar surface area (TPSA) is 61.4 Å². The Hall–Kier alpha value is -2.51. The van der Waals surface area contributed by atoms with E-state index in [0.29, 0.717) is 17.4 Å². The normalized spacial score (nSPS) is 18.1. The van der Waals surface area contributed by atoms with E-state index in [1.807, 2.05) is 37.4 Å². The minimum absolute atomic E-state index is 0.0612. The Kier molecular flexibility index (Phi) is 3.47. The molecule has 3 heterocycles. The van der Waals surface area contributed by atoms with Gasteiger partial charge >= 0.3 is 0 Å². The number of hydrogen-bond acceptors (Lipinski definition) is 4. The molecule has 2 aromatic rings. The van der Waals surface area contributed by atoms with E-state index in [-0.39, 0.29) is 11.8 Å². The highest BCUT2D eigenvalue weighted by Crippen LogP contribution is 2.32. The second kappa shape index (κ2) is 5.54. The monoisotopic (exact) mass is 355 g/mol. The molecule has 1 aromatic carbocycles. The van der Waals surface area contributed by atoms with Gasteiger partial charge in [-0.15, -0.1) is 11.3 Å². The molecule has 1 aromatic heterocycles. The fraction of sp³-hybridized carbons (Fsp3) is 0.118. The van der Waals surface area contributed by atoms with Crippen molar-refractivity contribution in [2.24, 2.45) is 0 Å². The number of fused-ring (bicyclic) bond motifs is 1. The third-order valence-electron chi connectivity index (χ3n) is 4.01. The van der Waals surface area contributed by atoms with Crippen LogP contribution in [-0.4, -0.2) is 28.9 Å². The molecule has 4 rings (SSSR count). The smallest absolute Gasteiger partial charge is 0.273 e. The average molecular weight is 355 g/mol. The number of amides is 2. The van der Waals surface area contributed by atoms with Crippen LogP contribution in [0.4, 0.5) is 0 Å². The zero-order valence-electron chi connectivity index (χ0n) is 12.8. The third-order valence-corrected chi connectivity index (χ3v) is 5.30. The molecule has 7 heteroatoms. The zero-order valence-corrected chi connectivity index (χ0v) is 14.4. The Morgan fingerprint density at radius 3 is 2.79 bits per heavy atom. The number of rotatable bonds is 2. The number of nitrogens with zero attached hydrogens (tertiary/aromatic N) is 1. The standard InChI is InChI=1S/C17H13N3O2S2/c1-20-8-10-3-2-9(6-12(10)16(20)22)14-5-4-11(24-14)7-13-15(21)19-17(23)18-13/h2-7H,8H2,1H3,(H2,18,19,21,23)/b13-7+. The summed E-state index contributed by atoms with van der Waals surface area (Å²) in [5, 5.41) is 5.70. The van der Waals surface area contributed by atoms with Crippen LogP contribution in [0.5, 0.6) is 0 Å². The first-order valence-corrected chi connectivity index (χ1v) is 8.56. The minimum atomic E-state index is -0.221. The predicted octanol–water partition coefficient (Wildman–Crippen LogP) is 2.35. The molecule has 0 spiro atoms. The van der Waals surface area contributed by atoms with Gasteiger partial charge in [-0.1, -0.05) is 12.1 Å². The van der Waals surface area contributed by atoms with Crippen molar-refractivity contribution in [3.8, 4) is 10.4 Å². The lowest BCUT2D eigenvalue weighted by Crippen LogP contribution is -2.21. The molecule has 5 nitrogen and oxygen atoms in total. The van der Waals surface area contributed by atoms with Crippen molar-refractivity contribution < 1.29 is 9.59 Å². The molecular weight excluding hydrogens is 342 g/mol. The Balaban J connectivity index is 1.65. The number of nitrogens with one attached hydrogen (secondary N) is 2. The summed E-state index contributed by atoms with van der Waals surface area (Å²) in [6, 6.07) is 9.93. The first kappa shape index (κ1) is 15.0. The largest absolute Gasteiger partial charge is 0.337 e. The Morgan fingerprint density at radius 2 is 2.04 bits per heavy atom. The van der Waals surface area contributed by atoms with Crippen LogP contribution in [0.25, 0.3) is 16.5 Å². The quantitative estimate of drug-likeness (QED) is 0.641. The van der Waals surface area contributed by atoms with Gasteiger partial charge in [0.25, 0.3) is 11.8 Å². The summed E-state index contributed by atoms with van der Waals surface area (Å²) < 4.78 is 0. The lowest BCUT2D eigenvalue weighted by molar-refractivity contribution is -0.115. The van der Waals surface area contributed by atoms with Gasteiger partial charge in [-0.05, 0) is 47.6 Å². The molecule has 24 heavy (non-hydrogen) atoms. The van der Waals surface area contributed by atoms with Crippen molar-refractivity contribution in [2.75, 3.05) is 7.05 Å². The van der Waals surface area contributed by atoms with E-state index in [4.69, 9.17) is 12.2 Å². The molecule has 2 aliphatic heterocycles. The minimum Gasteiger partial charge on any atom is -0.337 e. The van der Waals surface area contributed by atoms with Gasteiger partial charge in [-0.25, -0.2) is 0 Å². The molecule has 2 N–H and O–H groups in total. The summed E-state index contributed by atoms with van der Waals surface area (Å²) >= 11 is 6.48. The highest BCUT2D eigenvalue weighted by molar-refractivity contribution is 7.80. The number of carbonyl (C=O) groups is 2. The van der Waals surface area contributed by atoms with Crippen LogP contribution < -0.4 is 10.6 Å². The van der Waals surface area contributed by atoms with Crippen LogP contribution in [0.15, 0.2) is 36.0 Å². The average Bonchev–Trinajstić information content (AvgIpc) is 3.20. The Labute approximate surface area is 148 Å². The van der Waals surface area contributed by atoms with E-state index in [0.717, 1.165) is 26.4 Å². The highest BCUT2D eigenvalue weighted by atomic mass is 32.1. The van der Waals surface area contributed by atoms with E-state index >= 15 is 0 Å². The van der Waals surface area contributed by atoms with Crippen LogP contribution in [0.2, 0.25) is 0 Å². The first-order valence-electron chi connectivity index (χ1n) is 7.34. The van der Waals surface area contributed by atoms with Gasteiger partial charge in [0.05, 0.1) is 0 Å². The summed E-state index contributed by atoms with van der Waals surface area (Å²) in [6.45, 7) is 0.664. The second-order valence-corrected chi connectivity index (χ2v) is 7.23. The number of thiophene rings is 1. The van der Waals surface area contributed by atoms with Crippen molar-refractivity contribution >= 4 is 46.6 Å². The van der Waals surface area contributed by atoms with Crippen molar-refractivity contribution in [3.05, 3.63) is 52.0 Å². The molecular formula is C17H13N3O2S2. The van der Waals surface area contributed by atoms with E-state index < -0.39 is 0 Å². The van der Waals surface area contributed by atoms with E-state index in [2.05, 4.69) is 10.6 Å². The van der Waals surface area contributed by atoms with Gasteiger partial charge < -0.3 is 10.2 Å². The molecule has 0 atom stereocenters. The van der Waals surface area contributed by atoms with Gasteiger partial charge in [-0.2, -0.15) is 0 Å². The maximum absolute atomic E-state index is 12.1. The highest BCUT2D eigenvalue weighted by Gasteiger charge is 2.25. The molecule has 0 saturated carbocycles. The predicted molar refractivity (Wildman–Crippen MR) is 97.4 cm³/mol. The van der Waals surface area contributed by atoms with Gasteiger partial charge in [0.15, 0.2) is 5.11 Å². The van der Waals surface area contributed by atoms with E-state index in [1.54, 1.807) is 22.3 Å². The number of thiocarbonyl (C=S) groups is 1. The summed E-state index contributed by atoms with van der Waals surface area (Å²) in [4.78, 5) is 27.5. The fourth-order valence-electron chi connectivity index (χ4n) is 2.81. The summed E-state index contributed by atoms with van der Waals surface area (Å²) in [5.74, 6) is -0.160. The number of hydrogen-bond donors (Lipinski definition) is 2. The maximum Gasteiger partial charge on any atom is 0.273 e. The molecule has 1 fully saturated rings. The van der Waals surface area contributed by atoms with Crippen LogP contribution >= 0.6 is 23.6 Å². The molecule has 120 valence electrons. The summed E-state index contributed by atoms with van der Waals surface area (Å²) in [7, 11) is 1.81. The second-order valence-electron chi connectivity index (χ2n) is 5.70. The Morgan fingerprint density at radius 1 is 1.21 bits per heavy atom. The van der Waals surface area contributed by atoms with Gasteiger partial charge in [0, 0.05) is 28.9 Å². The Bertz CT molecular complexity index is 930. The van der Waals surface area contributed by atoms with Crippen LogP contribution in [-0.2, 0) is 11.3 Å². The third kappa shape index (κ3) is 2.51. The van der Waals surface area contributed by atoms with Gasteiger partial charge in [-0.3, -0.25) is 14.9 Å². The molecule has 0 unspecified atom stereocenters. The van der Waals surface area contributed by atoms with Crippen molar-refractivity contribution in [3.63, 3.8) is 0 Å². The maximum atomic E-state index is 12.1. The van der Waals surface area contributed by atoms with Crippen LogP contribution in [0.1, 0.15) is 20.8 Å². The van der Waals surface area contributed by atoms with Crippen molar-refractivity contribution in [1.29, 1.82) is 0 Å². The SMILES string of the molecule is CN1Cc2ccc(-c3ccc(/C=C4/NC(=S)NC4=O)s3)cc2C1=O. The molecule has 0 bridgehead atoms. The first-order chi connectivity index (χ1) is 11.5. The molecule has 1 saturated heterocycles. The number of carbonyl (C=O) groups excluding carboxylic acids is 2. The van der Waals surface area contributed by atoms with E-state index in [1.165, 1.54) is 0 Å². The zero-order chi connectivity index (χ0) is 16.8. The van der Waals surface area contributed by atoms with Gasteiger partial charge in [0.2, 0.25) is 0 Å². The summed E-state index contributed by atoms with van der Waals surface area (Å²) in [6.07, 6.45) is 1.77. The fourth-order valence-corrected chi connectivity index (χ4v) is 3.96. The van der Waals surface area contributed by atoms with Gasteiger partial charge in [0.1, 0.15) is 5.70 Å². The molecule has 0 radical (unpaired) electrons. The van der Waals surface area contributed by atoms with Crippen molar-refractivity contribution in [2.45, 2.75) is 6.54 Å². The van der Waals surface area contributed by atoms with Crippen LogP contribution in [0, 0.1) is 0 Å². The van der Waals surface area contributed by atoms with Crippen molar-refractivity contribution in [1.82, 2.24) is 15.5 Å². The molecule has 2 amide bonds. The lowest BCUT2D eigenvalue weighted by Gasteiger charge is -2.04. The number of benzene rings is 1. The lowest BCUT2D eigenvalue weighted by atomic mass is 10.1. The molecule has 0 aliphatic carbocycles. The van der Waals surface area contributed by atoms with Crippen LogP contribution in [0.3, 0.4) is 0 Å². The molecule has 2 aliphatic rings.